The highest BCUT2D eigenvalue weighted by atomic mass is 16.2. The third kappa shape index (κ3) is 4.01. The lowest BCUT2D eigenvalue weighted by Gasteiger charge is -2.43. The van der Waals surface area contributed by atoms with E-state index in [1.807, 2.05) is 32.6 Å². The number of amides is 2. The maximum atomic E-state index is 12.9. The molecule has 2 bridgehead atoms. The highest BCUT2D eigenvalue weighted by molar-refractivity contribution is 5.78. The van der Waals surface area contributed by atoms with Crippen LogP contribution in [-0.2, 0) is 16.1 Å². The monoisotopic (exact) mass is 420 g/mol. The molecule has 7 heteroatoms. The van der Waals surface area contributed by atoms with Gasteiger partial charge < -0.3 is 14.4 Å². The molecule has 3 aliphatic rings. The van der Waals surface area contributed by atoms with Gasteiger partial charge in [-0.2, -0.15) is 0 Å². The van der Waals surface area contributed by atoms with E-state index in [1.54, 1.807) is 12.3 Å². The molecule has 5 rings (SSSR count). The molecular weight excluding hydrogens is 392 g/mol. The molecule has 5 heterocycles. The van der Waals surface area contributed by atoms with Crippen LogP contribution in [-0.4, -0.2) is 57.3 Å². The van der Waals surface area contributed by atoms with E-state index >= 15 is 0 Å². The molecule has 0 unspecified atom stereocenters. The number of likely N-dealkylation sites (tertiary alicyclic amines) is 2. The molecule has 2 amide bonds. The number of carbonyl (C=O) groups excluding carboxylic acids is 2. The van der Waals surface area contributed by atoms with Crippen LogP contribution in [0, 0.1) is 5.92 Å². The van der Waals surface area contributed by atoms with Crippen LogP contribution in [0.3, 0.4) is 0 Å². The van der Waals surface area contributed by atoms with Crippen molar-refractivity contribution in [1.29, 1.82) is 0 Å². The first-order valence-electron chi connectivity index (χ1n) is 11.3. The summed E-state index contributed by atoms with van der Waals surface area (Å²) >= 11 is 0. The van der Waals surface area contributed by atoms with Crippen molar-refractivity contribution in [3.8, 4) is 11.3 Å². The lowest BCUT2D eigenvalue weighted by atomic mass is 9.82. The van der Waals surface area contributed by atoms with Gasteiger partial charge in [-0.3, -0.25) is 19.4 Å². The van der Waals surface area contributed by atoms with Crippen LogP contribution in [0.2, 0.25) is 0 Å². The van der Waals surface area contributed by atoms with E-state index in [0.717, 1.165) is 42.8 Å². The van der Waals surface area contributed by atoms with Crippen LogP contribution in [0.4, 0.5) is 0 Å². The van der Waals surface area contributed by atoms with Crippen molar-refractivity contribution in [2.24, 2.45) is 5.92 Å². The second-order valence-electron chi connectivity index (χ2n) is 9.02. The van der Waals surface area contributed by atoms with Crippen molar-refractivity contribution >= 4 is 11.8 Å². The van der Waals surface area contributed by atoms with Gasteiger partial charge in [-0.1, -0.05) is 6.07 Å². The quantitative estimate of drug-likeness (QED) is 0.744. The van der Waals surface area contributed by atoms with Gasteiger partial charge >= 0.3 is 0 Å². The van der Waals surface area contributed by atoms with E-state index in [-0.39, 0.29) is 23.3 Å². The summed E-state index contributed by atoms with van der Waals surface area (Å²) in [5.41, 5.74) is 2.67. The second-order valence-corrected chi connectivity index (χ2v) is 9.02. The molecule has 0 N–H and O–H groups in total. The molecule has 0 spiro atoms. The average Bonchev–Trinajstić information content (AvgIpc) is 3.19. The zero-order chi connectivity index (χ0) is 21.4. The van der Waals surface area contributed by atoms with E-state index < -0.39 is 0 Å². The number of carbonyl (C=O) groups is 2. The van der Waals surface area contributed by atoms with E-state index in [2.05, 4.69) is 11.1 Å². The third-order valence-electron chi connectivity index (χ3n) is 6.86. The molecule has 2 aromatic heterocycles. The summed E-state index contributed by atoms with van der Waals surface area (Å²) in [6.45, 7) is 3.54. The number of hydrogen-bond donors (Lipinski definition) is 0. The normalized spacial score (nSPS) is 22.5. The number of aromatic nitrogens is 2. The lowest BCUT2D eigenvalue weighted by Crippen LogP contribution is -2.49. The maximum absolute atomic E-state index is 12.9. The van der Waals surface area contributed by atoms with E-state index in [9.17, 15) is 14.4 Å². The molecular formula is C24H28N4O3. The third-order valence-corrected chi connectivity index (χ3v) is 6.86. The lowest BCUT2D eigenvalue weighted by molar-refractivity contribution is -0.134. The highest BCUT2D eigenvalue weighted by Gasteiger charge is 2.36. The number of fused-ring (bicyclic) bond motifs is 4. The minimum Gasteiger partial charge on any atom is -0.343 e. The van der Waals surface area contributed by atoms with Gasteiger partial charge in [0.1, 0.15) is 0 Å². The van der Waals surface area contributed by atoms with Gasteiger partial charge in [0.05, 0.1) is 5.69 Å². The molecule has 31 heavy (non-hydrogen) atoms. The van der Waals surface area contributed by atoms with Crippen LogP contribution < -0.4 is 5.56 Å². The van der Waals surface area contributed by atoms with Crippen LogP contribution >= 0.6 is 0 Å². The van der Waals surface area contributed by atoms with Gasteiger partial charge in [0.15, 0.2) is 0 Å². The Labute approximate surface area is 181 Å². The Hall–Kier alpha value is -2.96. The van der Waals surface area contributed by atoms with Crippen LogP contribution in [0.25, 0.3) is 11.3 Å². The summed E-state index contributed by atoms with van der Waals surface area (Å²) in [7, 11) is 0. The first kappa shape index (κ1) is 20.0. The largest absolute Gasteiger partial charge is 0.343 e. The average molecular weight is 421 g/mol. The van der Waals surface area contributed by atoms with Gasteiger partial charge in [0, 0.05) is 75.0 Å². The number of piperidine rings is 1. The molecule has 0 aliphatic carbocycles. The number of hydrogen-bond acceptors (Lipinski definition) is 4. The first-order chi connectivity index (χ1) is 15.1. The van der Waals surface area contributed by atoms with Crippen molar-refractivity contribution in [3.63, 3.8) is 0 Å². The smallest absolute Gasteiger partial charge is 0.251 e. The SMILES string of the molecule is O=C1CCCN1CCCC(=O)N1C[C@@H]2C[C@H](C1)c1cc(-c3ccccn3)cc(=O)n1C2. The molecule has 2 fully saturated rings. The highest BCUT2D eigenvalue weighted by Crippen LogP contribution is 2.36. The van der Waals surface area contributed by atoms with Gasteiger partial charge in [-0.05, 0) is 43.4 Å². The minimum absolute atomic E-state index is 0.0166. The predicted molar refractivity (Wildman–Crippen MR) is 116 cm³/mol. The zero-order valence-corrected chi connectivity index (χ0v) is 17.7. The fourth-order valence-electron chi connectivity index (χ4n) is 5.36. The van der Waals surface area contributed by atoms with Crippen LogP contribution in [0.5, 0.6) is 0 Å². The molecule has 162 valence electrons. The Morgan fingerprint density at radius 1 is 1.13 bits per heavy atom. The van der Waals surface area contributed by atoms with Gasteiger partial charge in [0.25, 0.3) is 5.56 Å². The summed E-state index contributed by atoms with van der Waals surface area (Å²) in [6.07, 6.45) is 5.51. The number of pyridine rings is 2. The van der Waals surface area contributed by atoms with Gasteiger partial charge in [0.2, 0.25) is 11.8 Å². The number of nitrogens with zero attached hydrogens (tertiary/aromatic N) is 4. The topological polar surface area (TPSA) is 75.5 Å². The van der Waals surface area contributed by atoms with Gasteiger partial charge in [-0.15, -0.1) is 0 Å². The molecule has 7 nitrogen and oxygen atoms in total. The molecule has 0 saturated carbocycles. The molecule has 3 aliphatic heterocycles. The van der Waals surface area contributed by atoms with Crippen molar-refractivity contribution in [2.75, 3.05) is 26.2 Å². The van der Waals surface area contributed by atoms with Crippen molar-refractivity contribution in [1.82, 2.24) is 19.4 Å². The van der Waals surface area contributed by atoms with Crippen molar-refractivity contribution in [2.45, 2.75) is 44.6 Å². The minimum atomic E-state index is 0.0166. The maximum Gasteiger partial charge on any atom is 0.251 e. The molecule has 2 atom stereocenters. The van der Waals surface area contributed by atoms with Crippen LogP contribution in [0.15, 0.2) is 41.3 Å². The Balaban J connectivity index is 1.29. The zero-order valence-electron chi connectivity index (χ0n) is 17.7. The van der Waals surface area contributed by atoms with Crippen LogP contribution in [0.1, 0.15) is 43.7 Å². The van der Waals surface area contributed by atoms with E-state index in [0.29, 0.717) is 44.9 Å². The van der Waals surface area contributed by atoms with Gasteiger partial charge in [-0.25, -0.2) is 0 Å². The van der Waals surface area contributed by atoms with Crippen molar-refractivity contribution < 1.29 is 9.59 Å². The van der Waals surface area contributed by atoms with E-state index in [4.69, 9.17) is 0 Å². The standard InChI is InChI=1S/C24H28N4O3/c29-22-6-3-9-26(22)10-4-7-23(30)27-14-17-11-19(16-27)21-12-18(13-24(31)28(21)15-17)20-5-1-2-8-25-20/h1-2,5,8,12-13,17,19H,3-4,6-7,9-11,14-16H2/t17-,19+/m0/s1. The fraction of sp³-hybridized carbons (Fsp3) is 0.500. The molecule has 2 saturated heterocycles. The molecule has 0 aromatic carbocycles. The summed E-state index contributed by atoms with van der Waals surface area (Å²) in [6, 6.07) is 9.46. The Morgan fingerprint density at radius 2 is 2.03 bits per heavy atom. The van der Waals surface area contributed by atoms with Crippen molar-refractivity contribution in [3.05, 3.63) is 52.6 Å². The predicted octanol–water partition coefficient (Wildman–Crippen LogP) is 2.26. The summed E-state index contributed by atoms with van der Waals surface area (Å²) < 4.78 is 1.89. The second kappa shape index (κ2) is 8.29. The summed E-state index contributed by atoms with van der Waals surface area (Å²) in [5, 5.41) is 0. The van der Waals surface area contributed by atoms with E-state index in [1.165, 1.54) is 0 Å². The Kier molecular flexibility index (Phi) is 5.34. The molecule has 2 aromatic rings. The molecule has 0 radical (unpaired) electrons. The first-order valence-corrected chi connectivity index (χ1v) is 11.3. The Morgan fingerprint density at radius 3 is 2.81 bits per heavy atom. The summed E-state index contributed by atoms with van der Waals surface area (Å²) in [5.74, 6) is 0.866. The summed E-state index contributed by atoms with van der Waals surface area (Å²) in [4.78, 5) is 45.7. The fourth-order valence-corrected chi connectivity index (χ4v) is 5.36. The Bertz CT molecular complexity index is 1050. The number of rotatable bonds is 5.